The van der Waals surface area contributed by atoms with Gasteiger partial charge in [0.25, 0.3) is 5.91 Å². The number of aryl methyl sites for hydroxylation is 2. The van der Waals surface area contributed by atoms with E-state index >= 15 is 0 Å². The number of anilines is 1. The monoisotopic (exact) mass is 515 g/mol. The van der Waals surface area contributed by atoms with Gasteiger partial charge in [-0.3, -0.25) is 4.79 Å². The fourth-order valence-corrected chi connectivity index (χ4v) is 4.98. The number of para-hydroxylation sites is 1. The largest absolute Gasteiger partial charge is 0.416 e. The normalized spacial score (nSPS) is 11.8. The second-order valence-electron chi connectivity index (χ2n) is 7.86. The summed E-state index contributed by atoms with van der Waals surface area (Å²) in [4.78, 5) is 14.4. The minimum atomic E-state index is -4.55. The number of aromatic nitrogens is 4. The number of rotatable bonds is 4. The lowest BCUT2D eigenvalue weighted by atomic mass is 10.2. The van der Waals surface area contributed by atoms with Gasteiger partial charge in [0.1, 0.15) is 10.6 Å². The van der Waals surface area contributed by atoms with Crippen LogP contribution in [-0.2, 0) is 6.18 Å². The van der Waals surface area contributed by atoms with Gasteiger partial charge >= 0.3 is 6.18 Å². The van der Waals surface area contributed by atoms with Gasteiger partial charge in [0, 0.05) is 11.5 Å². The second kappa shape index (κ2) is 8.54. The van der Waals surface area contributed by atoms with Crippen molar-refractivity contribution in [2.45, 2.75) is 20.0 Å². The average Bonchev–Trinajstić information content (AvgIpc) is 3.49. The molecule has 178 valence electrons. The Balaban J connectivity index is 1.51. The number of benzene rings is 2. The Hall–Kier alpha value is -3.63. The van der Waals surface area contributed by atoms with Crippen molar-refractivity contribution in [2.75, 3.05) is 5.32 Å². The van der Waals surface area contributed by atoms with Crippen molar-refractivity contribution in [2.24, 2.45) is 0 Å². The third kappa shape index (κ3) is 4.30. The Bertz CT molecular complexity index is 1570. The molecule has 5 aromatic rings. The predicted octanol–water partition coefficient (Wildman–Crippen LogP) is 6.81. The molecule has 0 atom stereocenters. The predicted molar refractivity (Wildman–Crippen MR) is 130 cm³/mol. The fourth-order valence-electron chi connectivity index (χ4n) is 3.70. The lowest BCUT2D eigenvalue weighted by Crippen LogP contribution is -2.15. The summed E-state index contributed by atoms with van der Waals surface area (Å²) in [5.74, 6) is -0.220. The summed E-state index contributed by atoms with van der Waals surface area (Å²) >= 11 is 7.47. The molecule has 2 aromatic carbocycles. The lowest BCUT2D eigenvalue weighted by molar-refractivity contribution is -0.137. The van der Waals surface area contributed by atoms with Gasteiger partial charge in [-0.2, -0.15) is 23.4 Å². The lowest BCUT2D eigenvalue weighted by Gasteiger charge is -2.13. The molecule has 3 aromatic heterocycles. The number of hydrogen-bond acceptors (Lipinski definition) is 4. The maximum Gasteiger partial charge on any atom is 0.416 e. The van der Waals surface area contributed by atoms with Gasteiger partial charge in [0.2, 0.25) is 0 Å². The van der Waals surface area contributed by atoms with Crippen molar-refractivity contribution in [1.82, 2.24) is 19.6 Å². The molecule has 0 saturated carbocycles. The number of nitrogens with one attached hydrogen (secondary N) is 1. The molecular formula is C24H17ClF3N5OS. The summed E-state index contributed by atoms with van der Waals surface area (Å²) in [6.45, 7) is 3.54. The van der Waals surface area contributed by atoms with E-state index in [1.807, 2.05) is 37.3 Å². The van der Waals surface area contributed by atoms with E-state index in [0.29, 0.717) is 10.6 Å². The summed E-state index contributed by atoms with van der Waals surface area (Å²) < 4.78 is 42.8. The van der Waals surface area contributed by atoms with E-state index in [1.54, 1.807) is 23.7 Å². The highest BCUT2D eigenvalue weighted by atomic mass is 35.5. The van der Waals surface area contributed by atoms with Crippen LogP contribution in [-0.4, -0.2) is 25.5 Å². The van der Waals surface area contributed by atoms with Crippen molar-refractivity contribution in [3.05, 3.63) is 87.5 Å². The molecule has 35 heavy (non-hydrogen) atoms. The zero-order valence-electron chi connectivity index (χ0n) is 18.4. The molecule has 1 amide bonds. The Morgan fingerprint density at radius 2 is 1.74 bits per heavy atom. The van der Waals surface area contributed by atoms with E-state index in [9.17, 15) is 18.0 Å². The van der Waals surface area contributed by atoms with Gasteiger partial charge in [-0.05, 0) is 50.2 Å². The number of alkyl halides is 3. The summed E-state index contributed by atoms with van der Waals surface area (Å²) in [6.07, 6.45) is -4.55. The number of carbonyl (C=O) groups is 1. The zero-order chi connectivity index (χ0) is 24.9. The van der Waals surface area contributed by atoms with Crippen molar-refractivity contribution in [3.63, 3.8) is 0 Å². The molecule has 11 heteroatoms. The molecule has 0 aliphatic heterocycles. The number of hydrogen-bond donors (Lipinski definition) is 1. The molecule has 0 aliphatic carbocycles. The summed E-state index contributed by atoms with van der Waals surface area (Å²) in [7, 11) is 0. The van der Waals surface area contributed by atoms with E-state index < -0.39 is 17.6 Å². The minimum absolute atomic E-state index is 0.0109. The Kier molecular flexibility index (Phi) is 5.65. The quantitative estimate of drug-likeness (QED) is 0.286. The molecule has 0 radical (unpaired) electrons. The summed E-state index contributed by atoms with van der Waals surface area (Å²) in [5, 5.41) is 12.5. The first-order valence-corrected chi connectivity index (χ1v) is 11.6. The smallest absolute Gasteiger partial charge is 0.306 e. The molecule has 0 fully saturated rings. The number of halogens is 4. The number of carbonyl (C=O) groups excluding carboxylic acids is 1. The van der Waals surface area contributed by atoms with Crippen LogP contribution in [0.5, 0.6) is 0 Å². The third-order valence-electron chi connectivity index (χ3n) is 5.34. The van der Waals surface area contributed by atoms with Crippen LogP contribution in [0.1, 0.15) is 26.6 Å². The van der Waals surface area contributed by atoms with Gasteiger partial charge in [0.15, 0.2) is 0 Å². The Morgan fingerprint density at radius 1 is 1.00 bits per heavy atom. The first-order chi connectivity index (χ1) is 16.6. The molecule has 5 rings (SSSR count). The molecule has 0 unspecified atom stereocenters. The highest BCUT2D eigenvalue weighted by molar-refractivity contribution is 7.20. The number of fused-ring (bicyclic) bond motifs is 1. The maximum atomic E-state index is 13.3. The van der Waals surface area contributed by atoms with Crippen molar-refractivity contribution >= 4 is 44.9 Å². The second-order valence-corrected chi connectivity index (χ2v) is 9.30. The van der Waals surface area contributed by atoms with E-state index in [-0.39, 0.29) is 16.5 Å². The van der Waals surface area contributed by atoms with Crippen molar-refractivity contribution in [3.8, 4) is 11.4 Å². The van der Waals surface area contributed by atoms with Crippen LogP contribution in [0, 0.1) is 13.8 Å². The average molecular weight is 516 g/mol. The van der Waals surface area contributed by atoms with E-state index in [4.69, 9.17) is 11.6 Å². The minimum Gasteiger partial charge on any atom is -0.306 e. The Morgan fingerprint density at radius 3 is 2.46 bits per heavy atom. The van der Waals surface area contributed by atoms with Gasteiger partial charge in [-0.15, -0.1) is 11.3 Å². The highest BCUT2D eigenvalue weighted by Crippen LogP contribution is 2.35. The van der Waals surface area contributed by atoms with Crippen LogP contribution >= 0.6 is 22.9 Å². The van der Waals surface area contributed by atoms with Crippen molar-refractivity contribution in [1.29, 1.82) is 0 Å². The van der Waals surface area contributed by atoms with Crippen LogP contribution in [0.15, 0.2) is 60.7 Å². The van der Waals surface area contributed by atoms with E-state index in [1.165, 1.54) is 16.0 Å². The SMILES string of the molecule is Cc1cc(NC(=O)c2cc3c(C)nn(-c4ccccc4)c3s2)n(-c2cc(C(F)(F)F)ccc2Cl)n1. The molecule has 1 N–H and O–H groups in total. The molecular weight excluding hydrogens is 499 g/mol. The summed E-state index contributed by atoms with van der Waals surface area (Å²) in [5.41, 5.74) is 1.29. The maximum absolute atomic E-state index is 13.3. The number of amides is 1. The van der Waals surface area contributed by atoms with Crippen LogP contribution in [0.3, 0.4) is 0 Å². The molecule has 0 bridgehead atoms. The zero-order valence-corrected chi connectivity index (χ0v) is 20.0. The van der Waals surface area contributed by atoms with E-state index in [2.05, 4.69) is 15.5 Å². The third-order valence-corrected chi connectivity index (χ3v) is 6.77. The van der Waals surface area contributed by atoms with Crippen LogP contribution in [0.2, 0.25) is 5.02 Å². The number of nitrogens with zero attached hydrogens (tertiary/aromatic N) is 4. The molecule has 0 spiro atoms. The van der Waals surface area contributed by atoms with Gasteiger partial charge < -0.3 is 5.32 Å². The molecule has 0 saturated heterocycles. The first-order valence-electron chi connectivity index (χ1n) is 10.4. The van der Waals surface area contributed by atoms with Crippen LogP contribution in [0.25, 0.3) is 21.6 Å². The van der Waals surface area contributed by atoms with Crippen LogP contribution < -0.4 is 5.32 Å². The number of thiophene rings is 1. The standard InChI is InChI=1S/C24H17ClF3N5OS/c1-13-10-21(33(30-13)19-11-15(24(26,27)28)8-9-18(19)25)29-22(34)20-12-17-14(2)31-32(23(17)35-20)16-6-4-3-5-7-16/h3-12H,1-2H3,(H,29,34). The van der Waals surface area contributed by atoms with Gasteiger partial charge in [-0.1, -0.05) is 29.8 Å². The highest BCUT2D eigenvalue weighted by Gasteiger charge is 2.31. The van der Waals surface area contributed by atoms with Crippen molar-refractivity contribution < 1.29 is 18.0 Å². The topological polar surface area (TPSA) is 64.7 Å². The summed E-state index contributed by atoms with van der Waals surface area (Å²) in [6, 6.07) is 15.8. The Labute approximate surface area is 206 Å². The molecule has 3 heterocycles. The van der Waals surface area contributed by atoms with Gasteiger partial charge in [0.05, 0.1) is 38.2 Å². The fraction of sp³-hybridized carbons (Fsp3) is 0.125. The van der Waals surface area contributed by atoms with Crippen LogP contribution in [0.4, 0.5) is 19.0 Å². The molecule has 0 aliphatic rings. The molecule has 6 nitrogen and oxygen atoms in total. The van der Waals surface area contributed by atoms with E-state index in [0.717, 1.165) is 39.8 Å². The first kappa shape index (κ1) is 23.1. The van der Waals surface area contributed by atoms with Gasteiger partial charge in [-0.25, -0.2) is 9.36 Å².